The van der Waals surface area contributed by atoms with E-state index in [1.165, 1.54) is 6.07 Å². The molecule has 4 heteroatoms. The molecule has 1 N–H and O–H groups in total. The molecule has 0 spiro atoms. The fourth-order valence-electron chi connectivity index (χ4n) is 2.12. The topological polar surface area (TPSA) is 24.5 Å². The van der Waals surface area contributed by atoms with Gasteiger partial charge >= 0.3 is 0 Å². The Bertz CT molecular complexity index is 396. The van der Waals surface area contributed by atoms with Gasteiger partial charge in [-0.3, -0.25) is 0 Å². The lowest BCUT2D eigenvalue weighted by molar-refractivity contribution is 0.154. The molecule has 1 rings (SSSR count). The highest BCUT2D eigenvalue weighted by Gasteiger charge is 2.14. The van der Waals surface area contributed by atoms with E-state index < -0.39 is 0 Å². The van der Waals surface area contributed by atoms with E-state index in [0.717, 1.165) is 12.1 Å². The van der Waals surface area contributed by atoms with E-state index in [9.17, 15) is 4.39 Å². The summed E-state index contributed by atoms with van der Waals surface area (Å²) in [6.07, 6.45) is 0. The first kappa shape index (κ1) is 16.9. The van der Waals surface area contributed by atoms with Crippen LogP contribution in [0, 0.1) is 5.82 Å². The number of halogens is 1. The molecule has 0 aliphatic heterocycles. The molecule has 0 radical (unpaired) electrons. The Morgan fingerprint density at radius 3 is 2.65 bits per heavy atom. The first-order chi connectivity index (χ1) is 9.60. The molecule has 0 heterocycles. The Morgan fingerprint density at radius 1 is 1.30 bits per heavy atom. The van der Waals surface area contributed by atoms with Crippen molar-refractivity contribution >= 4 is 5.69 Å². The van der Waals surface area contributed by atoms with E-state index in [1.807, 2.05) is 24.8 Å². The summed E-state index contributed by atoms with van der Waals surface area (Å²) in [5, 5.41) is 3.35. The van der Waals surface area contributed by atoms with Gasteiger partial charge < -0.3 is 15.0 Å². The summed E-state index contributed by atoms with van der Waals surface area (Å²) in [6.45, 7) is 11.7. The van der Waals surface area contributed by atoms with Gasteiger partial charge in [0.15, 0.2) is 0 Å². The number of benzene rings is 1. The highest BCUT2D eigenvalue weighted by atomic mass is 19.1. The zero-order chi connectivity index (χ0) is 15.0. The van der Waals surface area contributed by atoms with Gasteiger partial charge in [-0.1, -0.05) is 26.0 Å². The molecule has 0 atom stereocenters. The van der Waals surface area contributed by atoms with Crippen LogP contribution in [0.25, 0.3) is 0 Å². The van der Waals surface area contributed by atoms with Crippen LogP contribution >= 0.6 is 0 Å². The van der Waals surface area contributed by atoms with E-state index in [2.05, 4.69) is 19.2 Å². The molecule has 0 aliphatic carbocycles. The quantitative estimate of drug-likeness (QED) is 0.704. The van der Waals surface area contributed by atoms with Crippen LogP contribution < -0.4 is 10.2 Å². The standard InChI is InChI=1S/C16H27FN2O/c1-5-19(10-11-20-6-2)16-14(12-18-13(3)4)8-7-9-15(16)17/h7-9,13,18H,5-6,10-12H2,1-4H3. The summed E-state index contributed by atoms with van der Waals surface area (Å²) in [7, 11) is 0. The second-order valence-electron chi connectivity index (χ2n) is 5.06. The average Bonchev–Trinajstić information content (AvgIpc) is 2.42. The number of hydrogen-bond acceptors (Lipinski definition) is 3. The monoisotopic (exact) mass is 282 g/mol. The maximum atomic E-state index is 14.2. The Kier molecular flexibility index (Phi) is 7.55. The van der Waals surface area contributed by atoms with Gasteiger partial charge in [0.1, 0.15) is 5.82 Å². The lowest BCUT2D eigenvalue weighted by Crippen LogP contribution is -2.30. The van der Waals surface area contributed by atoms with Crippen molar-refractivity contribution < 1.29 is 9.13 Å². The lowest BCUT2D eigenvalue weighted by atomic mass is 10.1. The second-order valence-corrected chi connectivity index (χ2v) is 5.06. The number of para-hydroxylation sites is 1. The van der Waals surface area contributed by atoms with E-state index in [4.69, 9.17) is 4.74 Å². The molecule has 0 aromatic heterocycles. The third-order valence-electron chi connectivity index (χ3n) is 3.18. The van der Waals surface area contributed by atoms with Gasteiger partial charge in [0, 0.05) is 32.3 Å². The second kappa shape index (κ2) is 8.93. The van der Waals surface area contributed by atoms with Gasteiger partial charge in [0.25, 0.3) is 0 Å². The summed E-state index contributed by atoms with van der Waals surface area (Å²) >= 11 is 0. The fourth-order valence-corrected chi connectivity index (χ4v) is 2.12. The molecule has 114 valence electrons. The Labute approximate surface area is 122 Å². The third-order valence-corrected chi connectivity index (χ3v) is 3.18. The van der Waals surface area contributed by atoms with Crippen LogP contribution in [-0.4, -0.2) is 32.3 Å². The minimum atomic E-state index is -0.161. The summed E-state index contributed by atoms with van der Waals surface area (Å²) < 4.78 is 19.6. The average molecular weight is 282 g/mol. The number of anilines is 1. The smallest absolute Gasteiger partial charge is 0.146 e. The molecule has 20 heavy (non-hydrogen) atoms. The fraction of sp³-hybridized carbons (Fsp3) is 0.625. The van der Waals surface area contributed by atoms with Crippen LogP contribution in [-0.2, 0) is 11.3 Å². The summed E-state index contributed by atoms with van der Waals surface area (Å²) in [5.41, 5.74) is 1.69. The Morgan fingerprint density at radius 2 is 2.05 bits per heavy atom. The number of nitrogens with one attached hydrogen (secondary N) is 1. The number of nitrogens with zero attached hydrogens (tertiary/aromatic N) is 1. The lowest BCUT2D eigenvalue weighted by Gasteiger charge is -2.26. The largest absolute Gasteiger partial charge is 0.380 e. The van der Waals surface area contributed by atoms with Gasteiger partial charge in [0.2, 0.25) is 0 Å². The minimum Gasteiger partial charge on any atom is -0.380 e. The number of rotatable bonds is 9. The van der Waals surface area contributed by atoms with Crippen molar-refractivity contribution in [3.05, 3.63) is 29.6 Å². The summed E-state index contributed by atoms with van der Waals surface area (Å²) in [6, 6.07) is 5.66. The van der Waals surface area contributed by atoms with Crippen LogP contribution in [0.5, 0.6) is 0 Å². The highest BCUT2D eigenvalue weighted by Crippen LogP contribution is 2.24. The Balaban J connectivity index is 2.87. The summed E-state index contributed by atoms with van der Waals surface area (Å²) in [4.78, 5) is 2.04. The van der Waals surface area contributed by atoms with Crippen LogP contribution in [0.15, 0.2) is 18.2 Å². The van der Waals surface area contributed by atoms with Crippen molar-refractivity contribution in [3.63, 3.8) is 0 Å². The molecule has 1 aromatic rings. The zero-order valence-electron chi connectivity index (χ0n) is 13.1. The number of hydrogen-bond donors (Lipinski definition) is 1. The third kappa shape index (κ3) is 5.10. The molecule has 0 amide bonds. The van der Waals surface area contributed by atoms with Crippen molar-refractivity contribution in [1.29, 1.82) is 0 Å². The minimum absolute atomic E-state index is 0.161. The van der Waals surface area contributed by atoms with E-state index in [-0.39, 0.29) is 5.82 Å². The number of ether oxygens (including phenoxy) is 1. The molecular formula is C16H27FN2O. The maximum Gasteiger partial charge on any atom is 0.146 e. The van der Waals surface area contributed by atoms with Crippen LogP contribution in [0.3, 0.4) is 0 Å². The maximum absolute atomic E-state index is 14.2. The van der Waals surface area contributed by atoms with Crippen LogP contribution in [0.2, 0.25) is 0 Å². The number of likely N-dealkylation sites (N-methyl/N-ethyl adjacent to an activating group) is 1. The van der Waals surface area contributed by atoms with Gasteiger partial charge in [-0.05, 0) is 25.5 Å². The van der Waals surface area contributed by atoms with E-state index in [0.29, 0.717) is 38.0 Å². The molecule has 0 saturated heterocycles. The Hall–Kier alpha value is -1.13. The zero-order valence-corrected chi connectivity index (χ0v) is 13.1. The van der Waals surface area contributed by atoms with Gasteiger partial charge in [-0.25, -0.2) is 4.39 Å². The molecule has 0 aliphatic rings. The van der Waals surface area contributed by atoms with E-state index in [1.54, 1.807) is 6.07 Å². The van der Waals surface area contributed by atoms with Crippen LogP contribution in [0.1, 0.15) is 33.3 Å². The molecular weight excluding hydrogens is 255 g/mol. The van der Waals surface area contributed by atoms with Gasteiger partial charge in [-0.2, -0.15) is 0 Å². The normalized spacial score (nSPS) is 11.1. The van der Waals surface area contributed by atoms with E-state index >= 15 is 0 Å². The molecule has 1 aromatic carbocycles. The van der Waals surface area contributed by atoms with Crippen molar-refractivity contribution in [3.8, 4) is 0 Å². The van der Waals surface area contributed by atoms with Crippen molar-refractivity contribution in [2.45, 2.75) is 40.3 Å². The predicted molar refractivity (Wildman–Crippen MR) is 82.8 cm³/mol. The first-order valence-corrected chi connectivity index (χ1v) is 7.43. The first-order valence-electron chi connectivity index (χ1n) is 7.43. The van der Waals surface area contributed by atoms with Crippen molar-refractivity contribution in [2.24, 2.45) is 0 Å². The van der Waals surface area contributed by atoms with Crippen molar-refractivity contribution in [1.82, 2.24) is 5.32 Å². The molecule has 0 bridgehead atoms. The molecule has 3 nitrogen and oxygen atoms in total. The highest BCUT2D eigenvalue weighted by molar-refractivity contribution is 5.55. The van der Waals surface area contributed by atoms with Crippen molar-refractivity contribution in [2.75, 3.05) is 31.2 Å². The molecule has 0 fully saturated rings. The van der Waals surface area contributed by atoms with Crippen LogP contribution in [0.4, 0.5) is 10.1 Å². The predicted octanol–water partition coefficient (Wildman–Crippen LogP) is 3.19. The molecule has 0 saturated carbocycles. The summed E-state index contributed by atoms with van der Waals surface area (Å²) in [5.74, 6) is -0.161. The molecule has 0 unspecified atom stereocenters. The van der Waals surface area contributed by atoms with Gasteiger partial charge in [0.05, 0.1) is 12.3 Å². The SMILES string of the molecule is CCOCCN(CC)c1c(F)cccc1CNC(C)C. The van der Waals surface area contributed by atoms with Gasteiger partial charge in [-0.15, -0.1) is 0 Å².